The van der Waals surface area contributed by atoms with Crippen molar-refractivity contribution in [2.75, 3.05) is 71.4 Å². The molecule has 15 nitrogen and oxygen atoms in total. The maximum Gasteiger partial charge on any atom is 1.00 e. The van der Waals surface area contributed by atoms with Crippen molar-refractivity contribution >= 4 is 368 Å². The van der Waals surface area contributed by atoms with Gasteiger partial charge in [-0.3, -0.25) is 9.79 Å². The van der Waals surface area contributed by atoms with Gasteiger partial charge in [-0.1, -0.05) is 368 Å². The average molecular weight is 2410 g/mol. The first-order valence-electron chi connectivity index (χ1n) is 30.9. The molecule has 2 aliphatic carbocycles. The second-order valence-electron chi connectivity index (χ2n) is 25.1. The maximum atomic E-state index is 11.9. The van der Waals surface area contributed by atoms with Crippen LogP contribution in [0.4, 0.5) is 0 Å². The molecule has 658 valence electrons. The number of allylic oxidation sites excluding steroid dienone is 6. The van der Waals surface area contributed by atoms with Gasteiger partial charge in [-0.2, -0.15) is 0 Å². The van der Waals surface area contributed by atoms with E-state index in [1.165, 1.54) is 19.4 Å². The minimum absolute atomic E-state index is 0. The van der Waals surface area contributed by atoms with Crippen molar-refractivity contribution in [2.24, 2.45) is 15.0 Å². The Kier molecular flexibility index (Phi) is 76.9. The third-order valence-corrected chi connectivity index (χ3v) is 16.8. The zero-order valence-electron chi connectivity index (χ0n) is 61.4. The molecule has 0 saturated carbocycles. The summed E-state index contributed by atoms with van der Waals surface area (Å²) in [5, 5.41) is 12.6. The van der Waals surface area contributed by atoms with Crippen molar-refractivity contribution in [3.63, 3.8) is 0 Å². The minimum atomic E-state index is -1.58. The van der Waals surface area contributed by atoms with E-state index >= 15 is 0 Å². The molecule has 0 fully saturated rings. The number of aliphatic imine (C=N–C) groups is 3. The van der Waals surface area contributed by atoms with Crippen LogP contribution in [0, 0.1) is 6.92 Å². The number of nitrogens with zero attached hydrogens (tertiary/aromatic N) is 3. The van der Waals surface area contributed by atoms with Crippen molar-refractivity contribution in [3.05, 3.63) is 51.5 Å². The first kappa shape index (κ1) is 135. The second-order valence-corrected chi connectivity index (χ2v) is 61.1. The topological polar surface area (TPSA) is 170 Å². The Morgan fingerprint density at radius 2 is 0.795 bits per heavy atom. The Bertz CT molecular complexity index is 2820. The first-order chi connectivity index (χ1) is 47.3. The van der Waals surface area contributed by atoms with Crippen molar-refractivity contribution in [1.82, 2.24) is 0 Å². The molecule has 0 radical (unpaired) electrons. The summed E-state index contributed by atoms with van der Waals surface area (Å²) in [7, 11) is 0. The van der Waals surface area contributed by atoms with Crippen molar-refractivity contribution < 1.29 is 113 Å². The normalized spacial score (nSPS) is 16.7. The van der Waals surface area contributed by atoms with E-state index in [-0.39, 0.29) is 160 Å². The number of hydrogen-bond acceptors (Lipinski definition) is 15. The quantitative estimate of drug-likeness (QED) is 0.0206. The van der Waals surface area contributed by atoms with Gasteiger partial charge in [0.2, 0.25) is 36.2 Å². The van der Waals surface area contributed by atoms with Gasteiger partial charge in [-0.25, -0.2) is 17.5 Å². The van der Waals surface area contributed by atoms with Crippen LogP contribution in [0.1, 0.15) is 177 Å². The fourth-order valence-corrected chi connectivity index (χ4v) is 10.7. The van der Waals surface area contributed by atoms with Crippen LogP contribution in [-0.4, -0.2) is 167 Å². The fourth-order valence-electron chi connectivity index (χ4n) is 8.81. The summed E-state index contributed by atoms with van der Waals surface area (Å²) < 4.78 is 42.7. The van der Waals surface area contributed by atoms with Crippen LogP contribution in [0.5, 0.6) is 0 Å². The molecule has 47 heteroatoms. The molecule has 0 atom stereocenters. The standard InChI is InChI=1S/C16H22BrCl6NO3.2C16H22Cl6NO3.C13H16Cl6O3.4CH4.Br3P.BrH.2Li.H/c1-10(6-17)11(13-24-14(2,3)7-27-13)4-5-12(25-8-15(18,19)20)26-9-16(21,22)23;1-10(2)11(13-23-14(3,4)7-26-13)5-6-12(24-8-15(17,18)19)25-9-16(20,21)22;1-10-4-6-12(23-14(2,3)24)11(10)5-7-13(25-8-15(17,18)19)26-9-16(20,21)22;1-8-9(2-4-10(8)20)3-5-11(21-6-12(14,15)16)22-7-13(17,18)19;;;;;1-4(2)3;;;;/h12H,4-9H2,1-3H3;12H,1,5-9H2,2-4H3;13H,4-9H2,1-3H3;11H,2-7H2,1H3;4*1H4;;1H;;;/q;2*-1;;;;;;;;2*+1;-1/p-1/b11-10-;11-10+;;;;;;;;;;;. The molecule has 112 heavy (non-hydrogen) atoms. The molecule has 4 rings (SSSR count). The molecule has 2 heterocycles. The van der Waals surface area contributed by atoms with Crippen LogP contribution < -0.4 is 59.8 Å². The Labute approximate surface area is 856 Å². The number of halogens is 29. The Balaban J connectivity index is -0.000000175. The van der Waals surface area contributed by atoms with Gasteiger partial charge in [-0.05, 0) is 157 Å². The number of carbonyl (C=O) groups excluding carboxylic acids is 1. The van der Waals surface area contributed by atoms with E-state index in [0.717, 1.165) is 64.0 Å². The smallest absolute Gasteiger partial charge is 1.00 e. The van der Waals surface area contributed by atoms with E-state index in [4.69, 9.17) is 326 Å². The molecular weight excluding hydrogens is 2310 g/mol. The summed E-state index contributed by atoms with van der Waals surface area (Å²) in [6, 6.07) is 0. The SMILES string of the molecule is BrP(Br)Br.C.C.C.C.C/C(CBr)=C(\CCC(OCC(Cl)(Cl)Cl)OCC(Cl)(Cl)Cl)C1=NC(C)(C)CO1.CC1=C(CCC(OCC(Cl)(Cl)Cl)OCC(Cl)(Cl)Cl)C(=NC(C)(C)[O-])CC1.CC1=C(CCC(OCC(Cl)(Cl)Cl)OCC(Cl)(Cl)Cl)CCC1=O.[Br-].[CH2-]/C(C)=C(/CCC(OCC(Cl)(Cl)Cl)OCC(Cl)(Cl)Cl)C1=NC(C)(C)CO1.[H-].[Li+].[Li+]. The molecule has 0 aromatic carbocycles. The van der Waals surface area contributed by atoms with Gasteiger partial charge in [-0.15, -0.1) is 5.57 Å². The van der Waals surface area contributed by atoms with Crippen molar-refractivity contribution in [3.8, 4) is 0 Å². The molecule has 4 aliphatic rings. The first-order valence-corrected chi connectivity index (χ1v) is 48.5. The Morgan fingerprint density at radius 3 is 1.04 bits per heavy atom. The molecule has 2 aliphatic heterocycles. The van der Waals surface area contributed by atoms with Gasteiger partial charge < -0.3 is 75.9 Å². The Hall–Kier alpha value is 7.73. The predicted molar refractivity (Wildman–Crippen MR) is 494 cm³/mol. The number of alkyl halides is 25. The molecule has 0 bridgehead atoms. The number of carbonyl (C=O) groups is 1. The van der Waals surface area contributed by atoms with Crippen LogP contribution in [0.2, 0.25) is 0 Å². The maximum absolute atomic E-state index is 11.9. The summed E-state index contributed by atoms with van der Waals surface area (Å²) in [4.78, 5) is 25.0. The van der Waals surface area contributed by atoms with Crippen LogP contribution in [0.25, 0.3) is 0 Å². The monoisotopic (exact) mass is 2390 g/mol. The Morgan fingerprint density at radius 1 is 0.518 bits per heavy atom. The van der Waals surface area contributed by atoms with E-state index in [1.807, 2.05) is 55.4 Å². The van der Waals surface area contributed by atoms with E-state index in [2.05, 4.69) is 84.3 Å². The largest absolute Gasteiger partial charge is 1.00 e. The van der Waals surface area contributed by atoms with E-state index in [1.54, 1.807) is 0 Å². The van der Waals surface area contributed by atoms with E-state index in [9.17, 15) is 9.90 Å². The van der Waals surface area contributed by atoms with Gasteiger partial charge >= 0.3 is 37.7 Å². The third-order valence-electron chi connectivity index (χ3n) is 13.3. The third kappa shape index (κ3) is 74.5. The van der Waals surface area contributed by atoms with E-state index in [0.29, 0.717) is 88.1 Å². The number of ketones is 1. The second kappa shape index (κ2) is 63.7. The molecule has 0 saturated heterocycles. The summed E-state index contributed by atoms with van der Waals surface area (Å²) in [5.41, 5.74) is 6.81. The van der Waals surface area contributed by atoms with Crippen molar-refractivity contribution in [1.29, 1.82) is 0 Å². The van der Waals surface area contributed by atoms with Gasteiger partial charge in [0.25, 0.3) is 0 Å². The minimum Gasteiger partial charge on any atom is -1.00 e. The molecule has 0 spiro atoms. The summed E-state index contributed by atoms with van der Waals surface area (Å²) >= 11 is 150. The van der Waals surface area contributed by atoms with Crippen LogP contribution >= 0.6 is 345 Å². The number of ether oxygens (including phenoxy) is 10. The zero-order valence-corrected chi connectivity index (χ0v) is 87.4. The van der Waals surface area contributed by atoms with Crippen LogP contribution in [-0.2, 0) is 52.2 Å². The number of rotatable bonds is 32. The summed E-state index contributed by atoms with van der Waals surface area (Å²) in [5.74, 6) is 1.37. The zero-order chi connectivity index (χ0) is 81.8. The van der Waals surface area contributed by atoms with E-state index < -0.39 is 61.2 Å². The van der Waals surface area contributed by atoms with Gasteiger partial charge in [0.1, 0.15) is 23.1 Å². The molecular formula is C65H99Br5Cl24Li2N3O12P-2. The van der Waals surface area contributed by atoms with Gasteiger partial charge in [0.05, 0.1) is 63.9 Å². The fraction of sp³-hybridized carbons (Fsp3) is 0.800. The number of Topliss-reactive ketones (excluding diaryl/α,β-unsaturated/α-hetero) is 1. The summed E-state index contributed by atoms with van der Waals surface area (Å²) in [6.07, 6.45) is 4.10. The van der Waals surface area contributed by atoms with Gasteiger partial charge in [0.15, 0.2) is 30.9 Å². The van der Waals surface area contributed by atoms with Crippen molar-refractivity contribution in [2.45, 2.75) is 248 Å². The molecule has 0 amide bonds. The number of hydrogen-bond donors (Lipinski definition) is 0. The van der Waals surface area contributed by atoms with Gasteiger partial charge in [0, 0.05) is 42.3 Å². The molecule has 0 aromatic rings. The van der Waals surface area contributed by atoms with Crippen LogP contribution in [0.3, 0.4) is 0 Å². The molecule has 0 aromatic heterocycles. The predicted octanol–water partition coefficient (Wildman–Crippen LogP) is 21.1. The molecule has 0 N–H and O–H groups in total. The van der Waals surface area contributed by atoms with Crippen LogP contribution in [0.15, 0.2) is 59.6 Å². The summed E-state index contributed by atoms with van der Waals surface area (Å²) in [6.45, 7) is 22.5. The molecule has 0 unspecified atom stereocenters. The average Bonchev–Trinajstić information content (AvgIpc) is 1.72.